The Morgan fingerprint density at radius 3 is 2.61 bits per heavy atom. The van der Waals surface area contributed by atoms with Crippen molar-refractivity contribution < 1.29 is 13.6 Å². The number of nitrogens with zero attached hydrogens (tertiary/aromatic N) is 1. The maximum Gasteiger partial charge on any atom is 0.335 e. The first-order chi connectivity index (χ1) is 8.63. The molecule has 108 valence electrons. The van der Waals surface area contributed by atoms with Gasteiger partial charge in [-0.1, -0.05) is 13.8 Å². The lowest BCUT2D eigenvalue weighted by molar-refractivity contribution is -0.000668. The van der Waals surface area contributed by atoms with Crippen LogP contribution in [0.25, 0.3) is 0 Å². The maximum absolute atomic E-state index is 6.30. The van der Waals surface area contributed by atoms with Crippen LogP contribution in [0.2, 0.25) is 12.6 Å². The number of likely N-dealkylation sites (N-methyl/N-ethyl adjacent to an activating group) is 1. The van der Waals surface area contributed by atoms with Crippen LogP contribution in [0.5, 0.6) is 0 Å². The lowest BCUT2D eigenvalue weighted by Crippen LogP contribution is -2.48. The largest absolute Gasteiger partial charge is 0.395 e. The van der Waals surface area contributed by atoms with E-state index in [0.717, 1.165) is 45.3 Å². The van der Waals surface area contributed by atoms with E-state index in [1.165, 1.54) is 0 Å². The number of ether oxygens (including phenoxy) is 1. The summed E-state index contributed by atoms with van der Waals surface area (Å²) in [4.78, 5) is 2.39. The summed E-state index contributed by atoms with van der Waals surface area (Å²) in [6.45, 7) is 14.0. The fraction of sp³-hybridized carbons (Fsp3) is 1.00. The highest BCUT2D eigenvalue weighted by molar-refractivity contribution is 6.66. The van der Waals surface area contributed by atoms with Crippen molar-refractivity contribution in [1.29, 1.82) is 0 Å². The summed E-state index contributed by atoms with van der Waals surface area (Å²) in [5, 5.41) is 0. The van der Waals surface area contributed by atoms with Gasteiger partial charge in [-0.3, -0.25) is 0 Å². The summed E-state index contributed by atoms with van der Waals surface area (Å²) in [5.41, 5.74) is 0. The molecular weight excluding hydrogens is 246 g/mol. The van der Waals surface area contributed by atoms with E-state index in [0.29, 0.717) is 6.61 Å². The van der Waals surface area contributed by atoms with Crippen molar-refractivity contribution in [2.75, 3.05) is 39.5 Å². The summed E-state index contributed by atoms with van der Waals surface area (Å²) in [7, 11) is -1.98. The summed E-state index contributed by atoms with van der Waals surface area (Å²) in [6.07, 6.45) is 1.22. The third kappa shape index (κ3) is 5.36. The van der Waals surface area contributed by atoms with Crippen molar-refractivity contribution in [3.8, 4) is 0 Å². The van der Waals surface area contributed by atoms with Crippen molar-refractivity contribution >= 4 is 8.56 Å². The molecule has 1 aliphatic heterocycles. The van der Waals surface area contributed by atoms with Crippen LogP contribution in [0.15, 0.2) is 0 Å². The Labute approximate surface area is 113 Å². The summed E-state index contributed by atoms with van der Waals surface area (Å²) < 4.78 is 17.9. The van der Waals surface area contributed by atoms with Gasteiger partial charge in [-0.2, -0.15) is 0 Å². The van der Waals surface area contributed by atoms with Gasteiger partial charge in [-0.05, 0) is 39.0 Å². The van der Waals surface area contributed by atoms with E-state index in [4.69, 9.17) is 13.6 Å². The molecule has 1 aliphatic rings. The van der Waals surface area contributed by atoms with Crippen LogP contribution in [0.1, 0.15) is 27.2 Å². The van der Waals surface area contributed by atoms with Gasteiger partial charge in [0.25, 0.3) is 0 Å². The van der Waals surface area contributed by atoms with E-state index >= 15 is 0 Å². The molecule has 1 heterocycles. The first-order valence-electron chi connectivity index (χ1n) is 7.25. The van der Waals surface area contributed by atoms with Crippen molar-refractivity contribution in [2.45, 2.75) is 45.9 Å². The first-order valence-corrected chi connectivity index (χ1v) is 9.77. The summed E-state index contributed by atoms with van der Waals surface area (Å²) in [5.74, 6) is 0. The molecule has 1 saturated heterocycles. The van der Waals surface area contributed by atoms with Gasteiger partial charge >= 0.3 is 8.56 Å². The molecule has 0 bridgehead atoms. The Morgan fingerprint density at radius 1 is 1.28 bits per heavy atom. The predicted molar refractivity (Wildman–Crippen MR) is 76.1 cm³/mol. The molecule has 0 aromatic heterocycles. The molecule has 4 nitrogen and oxygen atoms in total. The van der Waals surface area contributed by atoms with Crippen molar-refractivity contribution in [3.05, 3.63) is 0 Å². The molecule has 1 fully saturated rings. The van der Waals surface area contributed by atoms with Crippen molar-refractivity contribution in [1.82, 2.24) is 4.90 Å². The molecule has 0 radical (unpaired) electrons. The second-order valence-corrected chi connectivity index (χ2v) is 8.26. The minimum atomic E-state index is -1.98. The minimum absolute atomic E-state index is 0.161. The molecule has 0 amide bonds. The Bertz CT molecular complexity index is 226. The maximum atomic E-state index is 6.30. The molecule has 0 N–H and O–H groups in total. The van der Waals surface area contributed by atoms with Gasteiger partial charge in [0.2, 0.25) is 0 Å². The average molecular weight is 275 g/mol. The standard InChI is InChI=1S/C13H29NO3Si/c1-5-14(6-2)11-13-12-15-9-8-10-18(4,17-13)16-7-3/h13H,5-12H2,1-4H3. The molecule has 0 saturated carbocycles. The molecule has 0 aromatic carbocycles. The van der Waals surface area contributed by atoms with E-state index in [-0.39, 0.29) is 6.10 Å². The van der Waals surface area contributed by atoms with E-state index in [9.17, 15) is 0 Å². The topological polar surface area (TPSA) is 30.9 Å². The second kappa shape index (κ2) is 8.27. The molecule has 0 spiro atoms. The Kier molecular flexibility index (Phi) is 7.40. The number of rotatable bonds is 6. The van der Waals surface area contributed by atoms with Gasteiger partial charge in [-0.25, -0.2) is 0 Å². The quantitative estimate of drug-likeness (QED) is 0.696. The molecule has 2 atom stereocenters. The van der Waals surface area contributed by atoms with E-state index in [1.54, 1.807) is 0 Å². The molecular formula is C13H29NO3Si. The zero-order valence-electron chi connectivity index (χ0n) is 12.4. The molecule has 1 rings (SSSR count). The number of hydrogen-bond donors (Lipinski definition) is 0. The summed E-state index contributed by atoms with van der Waals surface area (Å²) >= 11 is 0. The molecule has 0 aromatic rings. The van der Waals surface area contributed by atoms with E-state index in [1.807, 2.05) is 0 Å². The highest BCUT2D eigenvalue weighted by Gasteiger charge is 2.35. The van der Waals surface area contributed by atoms with Crippen molar-refractivity contribution in [3.63, 3.8) is 0 Å². The third-order valence-corrected chi connectivity index (χ3v) is 6.44. The average Bonchev–Trinajstić information content (AvgIpc) is 2.32. The smallest absolute Gasteiger partial charge is 0.335 e. The van der Waals surface area contributed by atoms with Gasteiger partial charge in [0.05, 0.1) is 12.7 Å². The van der Waals surface area contributed by atoms with Crippen LogP contribution in [0.3, 0.4) is 0 Å². The summed E-state index contributed by atoms with van der Waals surface area (Å²) in [6, 6.07) is 1.04. The Hall–Kier alpha value is 0.0569. The fourth-order valence-corrected chi connectivity index (χ4v) is 5.00. The van der Waals surface area contributed by atoms with Gasteiger partial charge in [-0.15, -0.1) is 0 Å². The Balaban J connectivity index is 2.57. The zero-order valence-corrected chi connectivity index (χ0v) is 13.4. The molecule has 18 heavy (non-hydrogen) atoms. The minimum Gasteiger partial charge on any atom is -0.395 e. The van der Waals surface area contributed by atoms with Crippen molar-refractivity contribution in [2.24, 2.45) is 0 Å². The fourth-order valence-electron chi connectivity index (χ4n) is 2.43. The zero-order chi connectivity index (χ0) is 13.4. The lowest BCUT2D eigenvalue weighted by Gasteiger charge is -2.35. The van der Waals surface area contributed by atoms with Gasteiger partial charge in [0.15, 0.2) is 0 Å². The normalized spacial score (nSPS) is 30.2. The Morgan fingerprint density at radius 2 is 2.00 bits per heavy atom. The van der Waals surface area contributed by atoms with Crippen LogP contribution < -0.4 is 0 Å². The van der Waals surface area contributed by atoms with Crippen LogP contribution in [0, 0.1) is 0 Å². The predicted octanol–water partition coefficient (Wildman–Crippen LogP) is 2.24. The van der Waals surface area contributed by atoms with Gasteiger partial charge in [0, 0.05) is 19.8 Å². The van der Waals surface area contributed by atoms with Crippen LogP contribution in [-0.2, 0) is 13.6 Å². The van der Waals surface area contributed by atoms with E-state index in [2.05, 4.69) is 32.2 Å². The van der Waals surface area contributed by atoms with Crippen LogP contribution in [-0.4, -0.2) is 59.0 Å². The number of hydrogen-bond acceptors (Lipinski definition) is 4. The van der Waals surface area contributed by atoms with E-state index < -0.39 is 8.56 Å². The molecule has 5 heteroatoms. The molecule has 2 unspecified atom stereocenters. The monoisotopic (exact) mass is 275 g/mol. The highest BCUT2D eigenvalue weighted by Crippen LogP contribution is 2.21. The highest BCUT2D eigenvalue weighted by atomic mass is 28.4. The molecule has 0 aliphatic carbocycles. The van der Waals surface area contributed by atoms with Crippen LogP contribution >= 0.6 is 0 Å². The lowest BCUT2D eigenvalue weighted by atomic mass is 10.3. The second-order valence-electron chi connectivity index (χ2n) is 4.97. The third-order valence-electron chi connectivity index (χ3n) is 3.45. The first kappa shape index (κ1) is 16.1. The van der Waals surface area contributed by atoms with Crippen LogP contribution in [0.4, 0.5) is 0 Å². The van der Waals surface area contributed by atoms with Gasteiger partial charge in [0.1, 0.15) is 0 Å². The SMILES string of the molecule is CCO[Si]1(C)CCCOCC(CN(CC)CC)O1. The van der Waals surface area contributed by atoms with Gasteiger partial charge < -0.3 is 18.5 Å².